The third-order valence-electron chi connectivity index (χ3n) is 3.38. The fourth-order valence-corrected chi connectivity index (χ4v) is 3.57. The summed E-state index contributed by atoms with van der Waals surface area (Å²) < 4.78 is 33.1. The molecule has 1 aromatic rings. The van der Waals surface area contributed by atoms with Gasteiger partial charge in [0.1, 0.15) is 0 Å². The minimum atomic E-state index is -3.72. The number of rotatable bonds is 5. The van der Waals surface area contributed by atoms with Gasteiger partial charge >= 0.3 is 10.1 Å². The quantitative estimate of drug-likeness (QED) is 0.584. The summed E-state index contributed by atoms with van der Waals surface area (Å²) in [6.45, 7) is 3.81. The van der Waals surface area contributed by atoms with Gasteiger partial charge in [0.25, 0.3) is 5.91 Å². The number of fused-ring (bicyclic) bond motifs is 1. The lowest BCUT2D eigenvalue weighted by Crippen LogP contribution is -2.35. The van der Waals surface area contributed by atoms with Crippen LogP contribution in [0.25, 0.3) is 6.08 Å². The highest BCUT2D eigenvalue weighted by Crippen LogP contribution is 2.32. The van der Waals surface area contributed by atoms with Crippen molar-refractivity contribution in [3.63, 3.8) is 0 Å². The van der Waals surface area contributed by atoms with Crippen LogP contribution in [0.15, 0.2) is 33.9 Å². The fourth-order valence-electron chi connectivity index (χ4n) is 2.37. The van der Waals surface area contributed by atoms with Crippen molar-refractivity contribution in [2.75, 3.05) is 12.9 Å². The molecular weight excluding hydrogens is 392 g/mol. The van der Waals surface area contributed by atoms with Gasteiger partial charge in [-0.15, -0.1) is 0 Å². The number of hydrazone groups is 1. The van der Waals surface area contributed by atoms with Crippen molar-refractivity contribution >= 4 is 49.9 Å². The van der Waals surface area contributed by atoms with E-state index in [9.17, 15) is 13.2 Å². The Hall–Kier alpha value is -2.66. The van der Waals surface area contributed by atoms with Crippen LogP contribution in [0.1, 0.15) is 19.4 Å². The van der Waals surface area contributed by atoms with E-state index in [2.05, 4.69) is 10.1 Å². The Balaban J connectivity index is 1.98. The fraction of sp³-hybridized carbons (Fsp3) is 0.250. The van der Waals surface area contributed by atoms with E-state index in [1.807, 2.05) is 0 Å². The number of thioether (sulfide) groups is 1. The highest BCUT2D eigenvalue weighted by Gasteiger charge is 2.34. The van der Waals surface area contributed by atoms with Crippen LogP contribution in [0.4, 0.5) is 0 Å². The van der Waals surface area contributed by atoms with Crippen LogP contribution in [0.3, 0.4) is 0 Å². The Kier molecular flexibility index (Phi) is 5.07. The third-order valence-corrected chi connectivity index (χ3v) is 4.68. The Morgan fingerprint density at radius 1 is 1.33 bits per heavy atom. The molecule has 2 aliphatic rings. The molecule has 2 aliphatic heterocycles. The molecule has 9 nitrogen and oxygen atoms in total. The van der Waals surface area contributed by atoms with Crippen molar-refractivity contribution in [1.29, 1.82) is 5.41 Å². The summed E-state index contributed by atoms with van der Waals surface area (Å²) in [5.41, 5.74) is 0.593. The highest BCUT2D eigenvalue weighted by atomic mass is 32.2. The molecule has 0 unspecified atom stereocenters. The Labute approximate surface area is 160 Å². The first-order valence-electron chi connectivity index (χ1n) is 7.81. The highest BCUT2D eigenvalue weighted by molar-refractivity contribution is 8.26. The molecule has 0 aliphatic carbocycles. The summed E-state index contributed by atoms with van der Waals surface area (Å²) in [7, 11) is -3.72. The Bertz CT molecular complexity index is 1030. The van der Waals surface area contributed by atoms with Crippen molar-refractivity contribution in [2.24, 2.45) is 10.1 Å². The van der Waals surface area contributed by atoms with Crippen LogP contribution in [0.5, 0.6) is 11.5 Å². The number of aliphatic imine (C=N–C) groups is 1. The van der Waals surface area contributed by atoms with E-state index >= 15 is 0 Å². The molecule has 3 rings (SSSR count). The summed E-state index contributed by atoms with van der Waals surface area (Å²) in [5.74, 6) is -0.369. The number of amides is 1. The first kappa shape index (κ1) is 19.1. The SMILES string of the molecule is CCOc1cc(/C=C2/C(=N)N3N=C(C)SC3=NC2=O)ccc1OS(C)(=O)=O. The molecular formula is C16H16N4O5S2. The molecule has 0 saturated carbocycles. The third kappa shape index (κ3) is 4.19. The zero-order valence-electron chi connectivity index (χ0n) is 14.7. The zero-order chi connectivity index (χ0) is 19.8. The normalized spacial score (nSPS) is 18.3. The van der Waals surface area contributed by atoms with Gasteiger partial charge in [-0.1, -0.05) is 6.07 Å². The molecule has 0 saturated heterocycles. The van der Waals surface area contributed by atoms with Crippen LogP contribution < -0.4 is 8.92 Å². The van der Waals surface area contributed by atoms with Crippen LogP contribution in [-0.4, -0.2) is 48.2 Å². The topological polar surface area (TPSA) is 121 Å². The molecule has 11 heteroatoms. The van der Waals surface area contributed by atoms with Crippen molar-refractivity contribution < 1.29 is 22.1 Å². The molecule has 2 heterocycles. The second-order valence-electron chi connectivity index (χ2n) is 5.57. The predicted molar refractivity (Wildman–Crippen MR) is 104 cm³/mol. The van der Waals surface area contributed by atoms with E-state index in [0.717, 1.165) is 6.26 Å². The van der Waals surface area contributed by atoms with Crippen molar-refractivity contribution in [1.82, 2.24) is 5.01 Å². The van der Waals surface area contributed by atoms with Crippen LogP contribution in [-0.2, 0) is 14.9 Å². The lowest BCUT2D eigenvalue weighted by atomic mass is 10.1. The summed E-state index contributed by atoms with van der Waals surface area (Å²) in [6.07, 6.45) is 2.42. The molecule has 0 bridgehead atoms. The standard InChI is InChI=1S/C16H16N4O5S2/c1-4-24-13-8-10(5-6-12(13)25-27(3,22)23)7-11-14(17)20-16(18-15(11)21)26-9(2)19-20/h5-8,17H,4H2,1-3H3/b11-7-,17-14?. The van der Waals surface area contributed by atoms with E-state index in [1.54, 1.807) is 19.9 Å². The lowest BCUT2D eigenvalue weighted by Gasteiger charge is -2.20. The van der Waals surface area contributed by atoms with E-state index in [1.165, 1.54) is 35.0 Å². The predicted octanol–water partition coefficient (Wildman–Crippen LogP) is 2.06. The average Bonchev–Trinajstić information content (AvgIpc) is 2.93. The molecule has 142 valence electrons. The van der Waals surface area contributed by atoms with Crippen molar-refractivity contribution in [3.8, 4) is 11.5 Å². The number of benzene rings is 1. The van der Waals surface area contributed by atoms with Crippen LogP contribution in [0.2, 0.25) is 0 Å². The number of nitrogens with zero attached hydrogens (tertiary/aromatic N) is 3. The summed E-state index contributed by atoms with van der Waals surface area (Å²) in [4.78, 5) is 16.3. The zero-order valence-corrected chi connectivity index (χ0v) is 16.3. The second-order valence-corrected chi connectivity index (χ2v) is 8.30. The smallest absolute Gasteiger partial charge is 0.306 e. The largest absolute Gasteiger partial charge is 0.490 e. The van der Waals surface area contributed by atoms with Gasteiger partial charge in [-0.3, -0.25) is 10.2 Å². The first-order chi connectivity index (χ1) is 12.7. The number of carbonyl (C=O) groups excluding carboxylic acids is 1. The maximum absolute atomic E-state index is 12.3. The maximum Gasteiger partial charge on any atom is 0.306 e. The van der Waals surface area contributed by atoms with Gasteiger partial charge in [0, 0.05) is 0 Å². The van der Waals surface area contributed by atoms with E-state index in [-0.39, 0.29) is 22.9 Å². The van der Waals surface area contributed by atoms with Gasteiger partial charge < -0.3 is 8.92 Å². The molecule has 0 atom stereocenters. The van der Waals surface area contributed by atoms with Crippen molar-refractivity contribution in [2.45, 2.75) is 13.8 Å². The van der Waals surface area contributed by atoms with E-state index in [4.69, 9.17) is 14.3 Å². The van der Waals surface area contributed by atoms with Gasteiger partial charge in [0.05, 0.1) is 23.5 Å². The monoisotopic (exact) mass is 408 g/mol. The molecule has 0 radical (unpaired) electrons. The van der Waals surface area contributed by atoms with E-state index in [0.29, 0.717) is 22.4 Å². The summed E-state index contributed by atoms with van der Waals surface area (Å²) in [5, 5.41) is 14.8. The molecule has 1 N–H and O–H groups in total. The van der Waals surface area contributed by atoms with Gasteiger partial charge in [-0.25, -0.2) is 0 Å². The molecule has 0 fully saturated rings. The molecule has 0 aromatic heterocycles. The first-order valence-corrected chi connectivity index (χ1v) is 10.4. The van der Waals surface area contributed by atoms with E-state index < -0.39 is 16.0 Å². The minimum absolute atomic E-state index is 0.0445. The molecule has 0 spiro atoms. The Morgan fingerprint density at radius 2 is 2.07 bits per heavy atom. The number of hydrogen-bond donors (Lipinski definition) is 1. The summed E-state index contributed by atoms with van der Waals surface area (Å²) >= 11 is 1.23. The summed E-state index contributed by atoms with van der Waals surface area (Å²) in [6, 6.07) is 4.52. The van der Waals surface area contributed by atoms with Gasteiger partial charge in [-0.05, 0) is 49.4 Å². The number of ether oxygens (including phenoxy) is 1. The van der Waals surface area contributed by atoms with Gasteiger partial charge in [-0.2, -0.15) is 23.5 Å². The minimum Gasteiger partial charge on any atom is -0.490 e. The van der Waals surface area contributed by atoms with Crippen LogP contribution in [0, 0.1) is 5.41 Å². The average molecular weight is 408 g/mol. The molecule has 1 amide bonds. The maximum atomic E-state index is 12.3. The van der Waals surface area contributed by atoms with Gasteiger partial charge in [0.15, 0.2) is 17.3 Å². The number of nitrogens with one attached hydrogen (secondary N) is 1. The number of hydrogen-bond acceptors (Lipinski definition) is 8. The second kappa shape index (κ2) is 7.16. The molecule has 1 aromatic carbocycles. The van der Waals surface area contributed by atoms with Crippen molar-refractivity contribution in [3.05, 3.63) is 29.3 Å². The lowest BCUT2D eigenvalue weighted by molar-refractivity contribution is -0.114. The number of carbonyl (C=O) groups is 1. The Morgan fingerprint density at radius 3 is 2.74 bits per heavy atom. The number of amidine groups is 2. The van der Waals surface area contributed by atoms with Gasteiger partial charge in [0.2, 0.25) is 5.17 Å². The molecule has 27 heavy (non-hydrogen) atoms. The van der Waals surface area contributed by atoms with Crippen LogP contribution >= 0.6 is 11.8 Å².